The van der Waals surface area contributed by atoms with E-state index >= 15 is 0 Å². The maximum Gasteiger partial charge on any atom is 0.239 e. The van der Waals surface area contributed by atoms with Gasteiger partial charge < -0.3 is 5.32 Å². The Morgan fingerprint density at radius 1 is 1.26 bits per heavy atom. The van der Waals surface area contributed by atoms with E-state index in [1.165, 1.54) is 5.56 Å². The lowest BCUT2D eigenvalue weighted by Gasteiger charge is -2.09. The van der Waals surface area contributed by atoms with Crippen molar-refractivity contribution in [2.75, 3.05) is 6.54 Å². The minimum Gasteiger partial charge on any atom is -0.304 e. The minimum absolute atomic E-state index is 0.00535. The fraction of sp³-hybridized carbons (Fsp3) is 0.467. The zero-order valence-corrected chi connectivity index (χ0v) is 12.4. The summed E-state index contributed by atoms with van der Waals surface area (Å²) in [6.07, 6.45) is 0. The highest BCUT2D eigenvalue weighted by Gasteiger charge is 2.32. The van der Waals surface area contributed by atoms with E-state index < -0.39 is 0 Å². The second-order valence-corrected chi connectivity index (χ2v) is 6.36. The van der Waals surface area contributed by atoms with Gasteiger partial charge in [0, 0.05) is 12.5 Å². The van der Waals surface area contributed by atoms with Crippen LogP contribution in [0, 0.1) is 5.92 Å². The van der Waals surface area contributed by atoms with Gasteiger partial charge in [-0.3, -0.25) is 9.79 Å². The number of carbonyl (C=O) groups is 1. The van der Waals surface area contributed by atoms with Gasteiger partial charge in [-0.1, -0.05) is 62.9 Å². The van der Waals surface area contributed by atoms with Crippen LogP contribution in [0.25, 0.3) is 0 Å². The van der Waals surface area contributed by atoms with Crippen molar-refractivity contribution in [1.29, 1.82) is 0 Å². The number of rotatable bonds is 4. The first-order valence-corrected chi connectivity index (χ1v) is 7.53. The third-order valence-corrected chi connectivity index (χ3v) is 4.68. The van der Waals surface area contributed by atoms with E-state index in [9.17, 15) is 4.79 Å². The maximum absolute atomic E-state index is 11.7. The molecule has 0 saturated carbocycles. The summed E-state index contributed by atoms with van der Waals surface area (Å²) in [5.74, 6) is 0.791. The molecule has 2 atom stereocenters. The number of nitrogens with one attached hydrogen (secondary N) is 1. The molecule has 1 aromatic rings. The van der Waals surface area contributed by atoms with Gasteiger partial charge >= 0.3 is 0 Å². The third-order valence-electron chi connectivity index (χ3n) is 3.21. The van der Waals surface area contributed by atoms with Crippen LogP contribution < -0.4 is 5.32 Å². The molecule has 1 saturated heterocycles. The van der Waals surface area contributed by atoms with Gasteiger partial charge in [-0.15, -0.1) is 0 Å². The molecule has 1 aromatic carbocycles. The SMILES string of the molecule is CC(C)[C@@H]1SC(=NC[C@@H](C)c2ccccc2)NC1=O. The average Bonchev–Trinajstić information content (AvgIpc) is 2.78. The fourth-order valence-corrected chi connectivity index (χ4v) is 2.99. The minimum atomic E-state index is 0.00535. The Morgan fingerprint density at radius 2 is 1.95 bits per heavy atom. The second-order valence-electron chi connectivity index (χ2n) is 5.23. The van der Waals surface area contributed by atoms with Crippen LogP contribution in [0.15, 0.2) is 35.3 Å². The van der Waals surface area contributed by atoms with Gasteiger partial charge in [0.05, 0.1) is 5.25 Å². The number of carbonyl (C=O) groups excluding carboxylic acids is 1. The number of benzene rings is 1. The first-order valence-electron chi connectivity index (χ1n) is 6.65. The molecule has 102 valence electrons. The molecule has 1 heterocycles. The number of amides is 1. The van der Waals surface area contributed by atoms with E-state index in [0.717, 1.165) is 5.17 Å². The lowest BCUT2D eigenvalue weighted by Crippen LogP contribution is -2.27. The van der Waals surface area contributed by atoms with Crippen molar-refractivity contribution < 1.29 is 4.79 Å². The van der Waals surface area contributed by atoms with Crippen molar-refractivity contribution in [3.63, 3.8) is 0 Å². The number of aliphatic imine (C=N–C) groups is 1. The summed E-state index contributed by atoms with van der Waals surface area (Å²) in [5.41, 5.74) is 1.28. The molecule has 1 amide bonds. The van der Waals surface area contributed by atoms with Crippen molar-refractivity contribution in [1.82, 2.24) is 5.32 Å². The molecular formula is C15H20N2OS. The number of nitrogens with zero attached hydrogens (tertiary/aromatic N) is 1. The van der Waals surface area contributed by atoms with Crippen molar-refractivity contribution in [2.24, 2.45) is 10.9 Å². The van der Waals surface area contributed by atoms with E-state index in [0.29, 0.717) is 18.4 Å². The van der Waals surface area contributed by atoms with Gasteiger partial charge in [0.25, 0.3) is 0 Å². The normalized spacial score (nSPS) is 22.8. The van der Waals surface area contributed by atoms with Crippen LogP contribution in [0.1, 0.15) is 32.3 Å². The van der Waals surface area contributed by atoms with Crippen molar-refractivity contribution >= 4 is 22.8 Å². The van der Waals surface area contributed by atoms with Gasteiger partial charge in [-0.2, -0.15) is 0 Å². The molecule has 0 bridgehead atoms. The van der Waals surface area contributed by atoms with Crippen LogP contribution in [0.5, 0.6) is 0 Å². The smallest absolute Gasteiger partial charge is 0.239 e. The zero-order chi connectivity index (χ0) is 13.8. The van der Waals surface area contributed by atoms with E-state index in [-0.39, 0.29) is 11.2 Å². The second kappa shape index (κ2) is 6.24. The van der Waals surface area contributed by atoms with Crippen LogP contribution >= 0.6 is 11.8 Å². The van der Waals surface area contributed by atoms with E-state index in [1.54, 1.807) is 11.8 Å². The van der Waals surface area contributed by atoms with Crippen molar-refractivity contribution in [2.45, 2.75) is 31.9 Å². The molecule has 1 aliphatic heterocycles. The van der Waals surface area contributed by atoms with Gasteiger partial charge in [-0.05, 0) is 11.5 Å². The summed E-state index contributed by atoms with van der Waals surface area (Å²) in [7, 11) is 0. The molecule has 3 nitrogen and oxygen atoms in total. The van der Waals surface area contributed by atoms with Crippen LogP contribution in [0.3, 0.4) is 0 Å². The quantitative estimate of drug-likeness (QED) is 0.918. The predicted molar refractivity (Wildman–Crippen MR) is 81.5 cm³/mol. The summed E-state index contributed by atoms with van der Waals surface area (Å²) in [6.45, 7) is 6.98. The largest absolute Gasteiger partial charge is 0.304 e. The zero-order valence-electron chi connectivity index (χ0n) is 11.6. The summed E-state index contributed by atoms with van der Waals surface area (Å²) in [6, 6.07) is 10.3. The average molecular weight is 276 g/mol. The van der Waals surface area contributed by atoms with Crippen LogP contribution in [-0.4, -0.2) is 22.9 Å². The Balaban J connectivity index is 1.95. The van der Waals surface area contributed by atoms with E-state index in [1.807, 2.05) is 18.2 Å². The molecule has 4 heteroatoms. The lowest BCUT2D eigenvalue weighted by atomic mass is 10.0. The van der Waals surface area contributed by atoms with Crippen LogP contribution in [0.4, 0.5) is 0 Å². The Hall–Kier alpha value is -1.29. The first-order chi connectivity index (χ1) is 9.08. The summed E-state index contributed by atoms with van der Waals surface area (Å²) < 4.78 is 0. The first kappa shape index (κ1) is 14.1. The monoisotopic (exact) mass is 276 g/mol. The van der Waals surface area contributed by atoms with Crippen molar-refractivity contribution in [3.8, 4) is 0 Å². The number of amidine groups is 1. The Labute approximate surface area is 118 Å². The van der Waals surface area contributed by atoms with Crippen LogP contribution in [0.2, 0.25) is 0 Å². The van der Waals surface area contributed by atoms with Gasteiger partial charge in [0.2, 0.25) is 5.91 Å². The molecule has 1 fully saturated rings. The summed E-state index contributed by atoms with van der Waals surface area (Å²) >= 11 is 1.55. The van der Waals surface area contributed by atoms with E-state index in [4.69, 9.17) is 0 Å². The Bertz CT molecular complexity index is 470. The highest BCUT2D eigenvalue weighted by Crippen LogP contribution is 2.26. The molecule has 19 heavy (non-hydrogen) atoms. The van der Waals surface area contributed by atoms with Gasteiger partial charge in [0.1, 0.15) is 0 Å². The summed E-state index contributed by atoms with van der Waals surface area (Å²) in [5, 5.41) is 3.64. The molecule has 0 radical (unpaired) electrons. The highest BCUT2D eigenvalue weighted by molar-refractivity contribution is 8.15. The topological polar surface area (TPSA) is 41.5 Å². The summed E-state index contributed by atoms with van der Waals surface area (Å²) in [4.78, 5) is 16.3. The molecule has 1 aliphatic rings. The molecule has 0 aromatic heterocycles. The Kier molecular flexibility index (Phi) is 4.64. The Morgan fingerprint density at radius 3 is 2.53 bits per heavy atom. The highest BCUT2D eigenvalue weighted by atomic mass is 32.2. The number of hydrogen-bond acceptors (Lipinski definition) is 3. The molecule has 0 unspecified atom stereocenters. The molecule has 0 spiro atoms. The molecule has 1 N–H and O–H groups in total. The van der Waals surface area contributed by atoms with E-state index in [2.05, 4.69) is 43.2 Å². The fourth-order valence-electron chi connectivity index (χ4n) is 2.00. The standard InChI is InChI=1S/C15H20N2OS/c1-10(2)13-14(18)17-15(19-13)16-9-11(3)12-7-5-4-6-8-12/h4-8,10-11,13H,9H2,1-3H3,(H,16,17,18)/t11-,13+/m1/s1. The molecule has 2 rings (SSSR count). The molecule has 0 aliphatic carbocycles. The maximum atomic E-state index is 11.7. The number of thioether (sulfide) groups is 1. The van der Waals surface area contributed by atoms with Gasteiger partial charge in [0.15, 0.2) is 5.17 Å². The third kappa shape index (κ3) is 3.60. The van der Waals surface area contributed by atoms with Crippen molar-refractivity contribution in [3.05, 3.63) is 35.9 Å². The van der Waals surface area contributed by atoms with Gasteiger partial charge in [-0.25, -0.2) is 0 Å². The number of hydrogen-bond donors (Lipinski definition) is 1. The molecular weight excluding hydrogens is 256 g/mol. The lowest BCUT2D eigenvalue weighted by molar-refractivity contribution is -0.119. The van der Waals surface area contributed by atoms with Crippen LogP contribution in [-0.2, 0) is 4.79 Å². The predicted octanol–water partition coefficient (Wildman–Crippen LogP) is 3.03.